The Balaban J connectivity index is 1.59. The molecule has 0 aliphatic carbocycles. The third-order valence-corrected chi connectivity index (χ3v) is 4.49. The van der Waals surface area contributed by atoms with Crippen molar-refractivity contribution in [2.24, 2.45) is 0 Å². The van der Waals surface area contributed by atoms with Crippen molar-refractivity contribution < 1.29 is 9.18 Å². The van der Waals surface area contributed by atoms with Crippen molar-refractivity contribution in [3.8, 4) is 17.3 Å². The largest absolute Gasteiger partial charge is 0.352 e. The van der Waals surface area contributed by atoms with Gasteiger partial charge in [0, 0.05) is 29.5 Å². The van der Waals surface area contributed by atoms with Crippen molar-refractivity contribution in [2.75, 3.05) is 6.54 Å². The van der Waals surface area contributed by atoms with E-state index in [4.69, 9.17) is 5.26 Å². The third kappa shape index (κ3) is 4.08. The molecule has 3 aromatic rings. The number of hydrogen-bond acceptors (Lipinski definition) is 4. The van der Waals surface area contributed by atoms with Crippen LogP contribution in [-0.4, -0.2) is 17.4 Å². The normalized spacial score (nSPS) is 10.2. The van der Waals surface area contributed by atoms with E-state index < -0.39 is 0 Å². The summed E-state index contributed by atoms with van der Waals surface area (Å²) in [5.74, 6) is -0.534. The van der Waals surface area contributed by atoms with Crippen LogP contribution >= 0.6 is 11.3 Å². The van der Waals surface area contributed by atoms with E-state index in [2.05, 4.69) is 10.3 Å². The second-order valence-electron chi connectivity index (χ2n) is 5.30. The first-order valence-corrected chi connectivity index (χ1v) is 8.53. The number of carbonyl (C=O) groups excluding carboxylic acids is 1. The average molecular weight is 351 g/mol. The maximum atomic E-state index is 13.8. The highest BCUT2D eigenvalue weighted by Gasteiger charge is 2.10. The molecule has 0 atom stereocenters. The number of carbonyl (C=O) groups is 1. The van der Waals surface area contributed by atoms with Crippen LogP contribution in [0.15, 0.2) is 53.9 Å². The summed E-state index contributed by atoms with van der Waals surface area (Å²) in [6, 6.07) is 15.1. The number of nitrogens with one attached hydrogen (secondary N) is 1. The number of benzene rings is 2. The highest BCUT2D eigenvalue weighted by atomic mass is 32.1. The molecule has 25 heavy (non-hydrogen) atoms. The molecule has 1 heterocycles. The molecule has 0 saturated carbocycles. The monoisotopic (exact) mass is 351 g/mol. The van der Waals surface area contributed by atoms with Crippen molar-refractivity contribution in [1.82, 2.24) is 10.3 Å². The number of aromatic nitrogens is 1. The van der Waals surface area contributed by atoms with E-state index in [1.807, 2.05) is 11.4 Å². The van der Waals surface area contributed by atoms with Gasteiger partial charge in [-0.1, -0.05) is 18.2 Å². The fourth-order valence-corrected chi connectivity index (χ4v) is 3.13. The quantitative estimate of drug-likeness (QED) is 0.760. The molecule has 4 nitrogen and oxygen atoms in total. The van der Waals surface area contributed by atoms with Gasteiger partial charge in [-0.05, 0) is 30.3 Å². The summed E-state index contributed by atoms with van der Waals surface area (Å²) in [5, 5.41) is 14.3. The van der Waals surface area contributed by atoms with Gasteiger partial charge < -0.3 is 5.32 Å². The van der Waals surface area contributed by atoms with Gasteiger partial charge in [0.25, 0.3) is 5.91 Å². The lowest BCUT2D eigenvalue weighted by Crippen LogP contribution is -2.25. The number of nitriles is 1. The standard InChI is InChI=1S/C19H14FN3OS/c20-16-7-2-1-6-15(16)17-12-25-18(23-17)8-9-22-19(24)14-5-3-4-13(10-14)11-21/h1-7,10,12H,8-9H2,(H,22,24). The van der Waals surface area contributed by atoms with Crippen molar-refractivity contribution in [2.45, 2.75) is 6.42 Å². The molecule has 1 amide bonds. The molecule has 3 rings (SSSR count). The lowest BCUT2D eigenvalue weighted by Gasteiger charge is -2.04. The second-order valence-corrected chi connectivity index (χ2v) is 6.25. The minimum absolute atomic E-state index is 0.233. The SMILES string of the molecule is N#Cc1cccc(C(=O)NCCc2nc(-c3ccccc3F)cs2)c1. The number of thiazole rings is 1. The number of rotatable bonds is 5. The molecule has 1 N–H and O–H groups in total. The van der Waals surface area contributed by atoms with Gasteiger partial charge in [0.15, 0.2) is 0 Å². The zero-order valence-corrected chi connectivity index (χ0v) is 14.0. The fourth-order valence-electron chi connectivity index (χ4n) is 2.33. The van der Waals surface area contributed by atoms with Crippen LogP contribution in [0.3, 0.4) is 0 Å². The molecule has 0 saturated heterocycles. The van der Waals surface area contributed by atoms with Crippen molar-refractivity contribution in [1.29, 1.82) is 5.26 Å². The van der Waals surface area contributed by atoms with Gasteiger partial charge in [0.05, 0.1) is 22.3 Å². The Kier molecular flexibility index (Phi) is 5.17. The first-order chi connectivity index (χ1) is 12.2. The second kappa shape index (κ2) is 7.69. The summed E-state index contributed by atoms with van der Waals surface area (Å²) >= 11 is 1.43. The smallest absolute Gasteiger partial charge is 0.251 e. The molecular formula is C19H14FN3OS. The van der Waals surface area contributed by atoms with Gasteiger partial charge in [-0.25, -0.2) is 9.37 Å². The van der Waals surface area contributed by atoms with Gasteiger partial charge >= 0.3 is 0 Å². The van der Waals surface area contributed by atoms with E-state index in [0.29, 0.717) is 35.3 Å². The van der Waals surface area contributed by atoms with Crippen LogP contribution in [0.1, 0.15) is 20.9 Å². The Bertz CT molecular complexity index is 946. The number of nitrogens with zero attached hydrogens (tertiary/aromatic N) is 2. The Morgan fingerprint density at radius 2 is 2.08 bits per heavy atom. The summed E-state index contributed by atoms with van der Waals surface area (Å²) in [6.45, 7) is 0.417. The molecule has 0 aliphatic rings. The van der Waals surface area contributed by atoms with Crippen LogP contribution in [0.25, 0.3) is 11.3 Å². The van der Waals surface area contributed by atoms with Crippen molar-refractivity contribution in [3.63, 3.8) is 0 Å². The van der Waals surface area contributed by atoms with Crippen LogP contribution in [-0.2, 0) is 6.42 Å². The van der Waals surface area contributed by atoms with E-state index in [9.17, 15) is 9.18 Å². The highest BCUT2D eigenvalue weighted by Crippen LogP contribution is 2.24. The summed E-state index contributed by atoms with van der Waals surface area (Å²) < 4.78 is 13.8. The van der Waals surface area contributed by atoms with Gasteiger partial charge in [-0.15, -0.1) is 11.3 Å². The molecule has 0 fully saturated rings. The fraction of sp³-hybridized carbons (Fsp3) is 0.105. The minimum Gasteiger partial charge on any atom is -0.352 e. The molecular weight excluding hydrogens is 337 g/mol. The van der Waals surface area contributed by atoms with E-state index in [0.717, 1.165) is 5.01 Å². The van der Waals surface area contributed by atoms with Crippen LogP contribution in [0.4, 0.5) is 4.39 Å². The van der Waals surface area contributed by atoms with Gasteiger partial charge in [0.1, 0.15) is 5.82 Å². The van der Waals surface area contributed by atoms with Crippen molar-refractivity contribution >= 4 is 17.2 Å². The van der Waals surface area contributed by atoms with E-state index in [-0.39, 0.29) is 11.7 Å². The van der Waals surface area contributed by atoms with Crippen LogP contribution in [0, 0.1) is 17.1 Å². The summed E-state index contributed by atoms with van der Waals surface area (Å²) in [7, 11) is 0. The van der Waals surface area contributed by atoms with Crippen molar-refractivity contribution in [3.05, 3.63) is 75.9 Å². The first kappa shape index (κ1) is 16.8. The van der Waals surface area contributed by atoms with E-state index in [1.165, 1.54) is 17.4 Å². The molecule has 2 aromatic carbocycles. The number of halogens is 1. The predicted octanol–water partition coefficient (Wildman–Crippen LogP) is 3.79. The maximum Gasteiger partial charge on any atom is 0.251 e. The van der Waals surface area contributed by atoms with Crippen LogP contribution in [0.2, 0.25) is 0 Å². The molecule has 0 spiro atoms. The molecule has 0 bridgehead atoms. The summed E-state index contributed by atoms with van der Waals surface area (Å²) in [5.41, 5.74) is 1.97. The Hall–Kier alpha value is -3.04. The summed E-state index contributed by atoms with van der Waals surface area (Å²) in [6.07, 6.45) is 0.558. The zero-order valence-electron chi connectivity index (χ0n) is 13.2. The molecule has 0 radical (unpaired) electrons. The Labute approximate surface area is 148 Å². The molecule has 0 aliphatic heterocycles. The maximum absolute atomic E-state index is 13.8. The molecule has 0 unspecified atom stereocenters. The van der Waals surface area contributed by atoms with E-state index >= 15 is 0 Å². The highest BCUT2D eigenvalue weighted by molar-refractivity contribution is 7.09. The summed E-state index contributed by atoms with van der Waals surface area (Å²) in [4.78, 5) is 16.5. The van der Waals surface area contributed by atoms with Gasteiger partial charge in [-0.2, -0.15) is 5.26 Å². The molecule has 1 aromatic heterocycles. The predicted molar refractivity (Wildman–Crippen MR) is 94.7 cm³/mol. The Morgan fingerprint density at radius 1 is 1.24 bits per heavy atom. The third-order valence-electron chi connectivity index (χ3n) is 3.58. The molecule has 124 valence electrons. The number of hydrogen-bond donors (Lipinski definition) is 1. The Morgan fingerprint density at radius 3 is 2.88 bits per heavy atom. The van der Waals surface area contributed by atoms with Crippen LogP contribution < -0.4 is 5.32 Å². The zero-order chi connectivity index (χ0) is 17.6. The minimum atomic E-state index is -0.301. The first-order valence-electron chi connectivity index (χ1n) is 7.65. The van der Waals surface area contributed by atoms with E-state index in [1.54, 1.807) is 42.5 Å². The topological polar surface area (TPSA) is 65.8 Å². The lowest BCUT2D eigenvalue weighted by molar-refractivity contribution is 0.0954. The average Bonchev–Trinajstić information content (AvgIpc) is 3.10. The molecule has 6 heteroatoms. The van der Waals surface area contributed by atoms with Gasteiger partial charge in [-0.3, -0.25) is 4.79 Å². The number of amides is 1. The lowest BCUT2D eigenvalue weighted by atomic mass is 10.1. The van der Waals surface area contributed by atoms with Crippen LogP contribution in [0.5, 0.6) is 0 Å². The van der Waals surface area contributed by atoms with Gasteiger partial charge in [0.2, 0.25) is 0 Å².